The molecular formula is C24H31N3O5S. The smallest absolute Gasteiger partial charge is 0.264 e. The van der Waals surface area contributed by atoms with Crippen LogP contribution in [0.25, 0.3) is 0 Å². The van der Waals surface area contributed by atoms with Crippen LogP contribution in [0.1, 0.15) is 18.4 Å². The first-order valence-electron chi connectivity index (χ1n) is 11.4. The van der Waals surface area contributed by atoms with Crippen molar-refractivity contribution in [3.8, 4) is 5.75 Å². The molecule has 9 heteroatoms. The highest BCUT2D eigenvalue weighted by molar-refractivity contribution is 7.92. The maximum atomic E-state index is 13.2. The standard InChI is InChI=1S/C24H31N3O5S/c28-24(25-12-4-13-26-15-17-31-18-16-26)19-32-21-8-10-22(11-9-21)33(29,30)27-14-3-6-20-5-1-2-7-23(20)27/h1-2,5,7-11H,3-4,6,12-19H2,(H,25,28). The van der Waals surface area contributed by atoms with Gasteiger partial charge >= 0.3 is 0 Å². The van der Waals surface area contributed by atoms with Gasteiger partial charge in [-0.15, -0.1) is 0 Å². The summed E-state index contributed by atoms with van der Waals surface area (Å²) < 4.78 is 38.7. The van der Waals surface area contributed by atoms with Gasteiger partial charge in [0.15, 0.2) is 6.61 Å². The summed E-state index contributed by atoms with van der Waals surface area (Å²) in [7, 11) is -3.66. The highest BCUT2D eigenvalue weighted by Gasteiger charge is 2.28. The number of morpholine rings is 1. The van der Waals surface area contributed by atoms with Crippen molar-refractivity contribution in [2.24, 2.45) is 0 Å². The molecule has 2 heterocycles. The first-order valence-corrected chi connectivity index (χ1v) is 12.9. The van der Waals surface area contributed by atoms with E-state index in [9.17, 15) is 13.2 Å². The largest absolute Gasteiger partial charge is 0.484 e. The number of sulfonamides is 1. The number of ether oxygens (including phenoxy) is 2. The Morgan fingerprint density at radius 3 is 2.58 bits per heavy atom. The van der Waals surface area contributed by atoms with E-state index < -0.39 is 10.0 Å². The molecule has 0 saturated carbocycles. The van der Waals surface area contributed by atoms with E-state index in [1.54, 1.807) is 12.1 Å². The van der Waals surface area contributed by atoms with Crippen LogP contribution in [0.15, 0.2) is 53.4 Å². The maximum absolute atomic E-state index is 13.2. The number of hydrogen-bond donors (Lipinski definition) is 1. The number of benzene rings is 2. The molecule has 1 N–H and O–H groups in total. The van der Waals surface area contributed by atoms with Gasteiger partial charge in [0, 0.05) is 26.2 Å². The van der Waals surface area contributed by atoms with Gasteiger partial charge in [0.25, 0.3) is 15.9 Å². The van der Waals surface area contributed by atoms with E-state index in [1.165, 1.54) is 16.4 Å². The number of anilines is 1. The molecule has 8 nitrogen and oxygen atoms in total. The van der Waals surface area contributed by atoms with Gasteiger partial charge in [-0.3, -0.25) is 14.0 Å². The summed E-state index contributed by atoms with van der Waals surface area (Å²) in [5, 5.41) is 2.86. The van der Waals surface area contributed by atoms with Gasteiger partial charge in [-0.25, -0.2) is 8.42 Å². The van der Waals surface area contributed by atoms with E-state index in [1.807, 2.05) is 24.3 Å². The lowest BCUT2D eigenvalue weighted by Crippen LogP contribution is -2.38. The Bertz CT molecular complexity index is 1040. The number of nitrogens with one attached hydrogen (secondary N) is 1. The second kappa shape index (κ2) is 11.0. The van der Waals surface area contributed by atoms with Crippen LogP contribution in [0.5, 0.6) is 5.75 Å². The van der Waals surface area contributed by atoms with Gasteiger partial charge < -0.3 is 14.8 Å². The molecule has 4 rings (SSSR count). The third-order valence-electron chi connectivity index (χ3n) is 5.93. The van der Waals surface area contributed by atoms with Crippen molar-refractivity contribution in [3.05, 3.63) is 54.1 Å². The summed E-state index contributed by atoms with van der Waals surface area (Å²) in [4.78, 5) is 14.6. The molecule has 0 unspecified atom stereocenters. The predicted octanol–water partition coefficient (Wildman–Crippen LogP) is 2.05. The molecular weight excluding hydrogens is 442 g/mol. The number of hydrogen-bond acceptors (Lipinski definition) is 6. The van der Waals surface area contributed by atoms with Crippen molar-refractivity contribution >= 4 is 21.6 Å². The summed E-state index contributed by atoms with van der Waals surface area (Å²) >= 11 is 0. The quantitative estimate of drug-likeness (QED) is 0.561. The zero-order valence-electron chi connectivity index (χ0n) is 18.7. The molecule has 0 spiro atoms. The Labute approximate surface area is 195 Å². The van der Waals surface area contributed by atoms with Gasteiger partial charge in [0.1, 0.15) is 5.75 Å². The number of carbonyl (C=O) groups excluding carboxylic acids is 1. The van der Waals surface area contributed by atoms with Crippen LogP contribution >= 0.6 is 0 Å². The van der Waals surface area contributed by atoms with Crippen molar-refractivity contribution in [2.45, 2.75) is 24.2 Å². The molecule has 2 aromatic rings. The summed E-state index contributed by atoms with van der Waals surface area (Å²) in [6, 6.07) is 13.9. The van der Waals surface area contributed by atoms with Crippen LogP contribution in [0.2, 0.25) is 0 Å². The first kappa shape index (κ1) is 23.5. The Balaban J connectivity index is 1.26. The number of aryl methyl sites for hydroxylation is 1. The average Bonchev–Trinajstić information content (AvgIpc) is 2.86. The van der Waals surface area contributed by atoms with E-state index in [0.717, 1.165) is 63.4 Å². The zero-order valence-corrected chi connectivity index (χ0v) is 19.6. The minimum atomic E-state index is -3.66. The molecule has 1 saturated heterocycles. The number of rotatable bonds is 9. The van der Waals surface area contributed by atoms with Crippen molar-refractivity contribution in [3.63, 3.8) is 0 Å². The van der Waals surface area contributed by atoms with Gasteiger partial charge in [0.05, 0.1) is 23.8 Å². The molecule has 0 atom stereocenters. The van der Waals surface area contributed by atoms with Gasteiger partial charge in [-0.1, -0.05) is 18.2 Å². The van der Waals surface area contributed by atoms with Gasteiger partial charge in [0.2, 0.25) is 0 Å². The lowest BCUT2D eigenvalue weighted by molar-refractivity contribution is -0.123. The number of amides is 1. The predicted molar refractivity (Wildman–Crippen MR) is 126 cm³/mol. The van der Waals surface area contributed by atoms with E-state index in [0.29, 0.717) is 18.8 Å². The van der Waals surface area contributed by atoms with Crippen LogP contribution in [0.3, 0.4) is 0 Å². The Hall–Kier alpha value is -2.62. The Kier molecular flexibility index (Phi) is 7.85. The Morgan fingerprint density at radius 1 is 1.03 bits per heavy atom. The molecule has 0 aromatic heterocycles. The minimum Gasteiger partial charge on any atom is -0.484 e. The second-order valence-corrected chi connectivity index (χ2v) is 10.1. The molecule has 2 aliphatic heterocycles. The van der Waals surface area contributed by atoms with Gasteiger partial charge in [-0.05, 0) is 61.7 Å². The van der Waals surface area contributed by atoms with E-state index in [4.69, 9.17) is 9.47 Å². The van der Waals surface area contributed by atoms with Crippen LogP contribution in [-0.2, 0) is 26.0 Å². The molecule has 1 amide bonds. The van der Waals surface area contributed by atoms with Crippen molar-refractivity contribution in [1.82, 2.24) is 10.2 Å². The van der Waals surface area contributed by atoms with E-state index in [-0.39, 0.29) is 17.4 Å². The number of para-hydroxylation sites is 1. The monoisotopic (exact) mass is 473 g/mol. The number of carbonyl (C=O) groups is 1. The lowest BCUT2D eigenvalue weighted by Gasteiger charge is -2.30. The van der Waals surface area contributed by atoms with Gasteiger partial charge in [-0.2, -0.15) is 0 Å². The highest BCUT2D eigenvalue weighted by atomic mass is 32.2. The number of fused-ring (bicyclic) bond motifs is 1. The lowest BCUT2D eigenvalue weighted by atomic mass is 10.0. The fourth-order valence-corrected chi connectivity index (χ4v) is 5.68. The number of nitrogens with zero attached hydrogens (tertiary/aromatic N) is 2. The third-order valence-corrected chi connectivity index (χ3v) is 7.75. The normalized spacial score (nSPS) is 16.8. The van der Waals surface area contributed by atoms with Crippen molar-refractivity contribution < 1.29 is 22.7 Å². The second-order valence-electron chi connectivity index (χ2n) is 8.23. The topological polar surface area (TPSA) is 88.2 Å². The molecule has 0 aliphatic carbocycles. The molecule has 33 heavy (non-hydrogen) atoms. The molecule has 2 aliphatic rings. The minimum absolute atomic E-state index is 0.108. The molecule has 178 valence electrons. The zero-order chi connectivity index (χ0) is 23.1. The summed E-state index contributed by atoms with van der Waals surface area (Å²) in [6.07, 6.45) is 2.54. The highest BCUT2D eigenvalue weighted by Crippen LogP contribution is 2.32. The SMILES string of the molecule is O=C(COc1ccc(S(=O)(=O)N2CCCc3ccccc32)cc1)NCCCN1CCOCC1. The van der Waals surface area contributed by atoms with Crippen molar-refractivity contribution in [1.29, 1.82) is 0 Å². The van der Waals surface area contributed by atoms with Crippen LogP contribution in [0, 0.1) is 0 Å². The summed E-state index contributed by atoms with van der Waals surface area (Å²) in [5.41, 5.74) is 1.79. The summed E-state index contributed by atoms with van der Waals surface area (Å²) in [6.45, 7) is 5.29. The summed E-state index contributed by atoms with van der Waals surface area (Å²) in [5.74, 6) is 0.259. The van der Waals surface area contributed by atoms with Crippen LogP contribution in [-0.4, -0.2) is 71.8 Å². The first-order chi connectivity index (χ1) is 16.0. The molecule has 0 bridgehead atoms. The van der Waals surface area contributed by atoms with Crippen molar-refractivity contribution in [2.75, 3.05) is 56.8 Å². The fourth-order valence-electron chi connectivity index (χ4n) is 4.14. The van der Waals surface area contributed by atoms with E-state index in [2.05, 4.69) is 10.2 Å². The van der Waals surface area contributed by atoms with E-state index >= 15 is 0 Å². The molecule has 0 radical (unpaired) electrons. The molecule has 2 aromatic carbocycles. The Morgan fingerprint density at radius 2 is 1.79 bits per heavy atom. The maximum Gasteiger partial charge on any atom is 0.264 e. The molecule has 1 fully saturated rings. The average molecular weight is 474 g/mol. The van der Waals surface area contributed by atoms with Crippen LogP contribution in [0.4, 0.5) is 5.69 Å². The fraction of sp³-hybridized carbons (Fsp3) is 0.458. The van der Waals surface area contributed by atoms with Crippen LogP contribution < -0.4 is 14.4 Å². The third kappa shape index (κ3) is 6.04.